The fourth-order valence-electron chi connectivity index (χ4n) is 1.21. The SMILES string of the molecule is CC(=O)COc1cc(C(N)=O)c(C)cc1F. The Labute approximate surface area is 92.2 Å². The fraction of sp³-hybridized carbons (Fsp3) is 0.273. The molecule has 0 aliphatic heterocycles. The van der Waals surface area contributed by atoms with Gasteiger partial charge in [-0.15, -0.1) is 0 Å². The van der Waals surface area contributed by atoms with Crippen molar-refractivity contribution in [1.29, 1.82) is 0 Å². The summed E-state index contributed by atoms with van der Waals surface area (Å²) >= 11 is 0. The van der Waals surface area contributed by atoms with Crippen molar-refractivity contribution >= 4 is 11.7 Å². The molecule has 0 bridgehead atoms. The summed E-state index contributed by atoms with van der Waals surface area (Å²) in [6.07, 6.45) is 0. The van der Waals surface area contributed by atoms with Crippen LogP contribution in [0.15, 0.2) is 12.1 Å². The largest absolute Gasteiger partial charge is 0.483 e. The first-order valence-corrected chi connectivity index (χ1v) is 4.64. The zero-order valence-electron chi connectivity index (χ0n) is 9.04. The van der Waals surface area contributed by atoms with Gasteiger partial charge in [-0.1, -0.05) is 0 Å². The monoisotopic (exact) mass is 225 g/mol. The van der Waals surface area contributed by atoms with Crippen LogP contribution >= 0.6 is 0 Å². The Kier molecular flexibility index (Phi) is 3.60. The Morgan fingerprint density at radius 2 is 2.06 bits per heavy atom. The molecule has 16 heavy (non-hydrogen) atoms. The number of ether oxygens (including phenoxy) is 1. The molecule has 0 saturated carbocycles. The predicted molar refractivity (Wildman–Crippen MR) is 55.8 cm³/mol. The van der Waals surface area contributed by atoms with Gasteiger partial charge in [0.25, 0.3) is 0 Å². The molecule has 0 saturated heterocycles. The van der Waals surface area contributed by atoms with Crippen molar-refractivity contribution in [3.05, 3.63) is 29.1 Å². The second kappa shape index (κ2) is 4.74. The molecule has 0 radical (unpaired) electrons. The minimum atomic E-state index is -0.662. The summed E-state index contributed by atoms with van der Waals surface area (Å²) in [4.78, 5) is 21.7. The molecule has 0 heterocycles. The minimum Gasteiger partial charge on any atom is -0.483 e. The van der Waals surface area contributed by atoms with E-state index in [1.54, 1.807) is 6.92 Å². The molecule has 1 aromatic carbocycles. The molecule has 0 spiro atoms. The van der Waals surface area contributed by atoms with Gasteiger partial charge in [-0.2, -0.15) is 0 Å². The average molecular weight is 225 g/mol. The zero-order valence-corrected chi connectivity index (χ0v) is 9.04. The number of amides is 1. The highest BCUT2D eigenvalue weighted by molar-refractivity contribution is 5.94. The molecule has 1 rings (SSSR count). The van der Waals surface area contributed by atoms with Gasteiger partial charge in [0.05, 0.1) is 0 Å². The fourth-order valence-corrected chi connectivity index (χ4v) is 1.21. The number of rotatable bonds is 4. The number of hydrogen-bond donors (Lipinski definition) is 1. The smallest absolute Gasteiger partial charge is 0.249 e. The molecule has 0 unspecified atom stereocenters. The van der Waals surface area contributed by atoms with E-state index in [0.29, 0.717) is 5.56 Å². The van der Waals surface area contributed by atoms with Gasteiger partial charge < -0.3 is 10.5 Å². The number of Topliss-reactive ketones (excluding diaryl/α,β-unsaturated/α-hetero) is 1. The van der Waals surface area contributed by atoms with Gasteiger partial charge in [0, 0.05) is 5.56 Å². The van der Waals surface area contributed by atoms with Gasteiger partial charge in [0.2, 0.25) is 5.91 Å². The molecule has 4 nitrogen and oxygen atoms in total. The molecule has 0 aromatic heterocycles. The first-order chi connectivity index (χ1) is 7.41. The van der Waals surface area contributed by atoms with E-state index in [0.717, 1.165) is 6.07 Å². The molecule has 5 heteroatoms. The molecular formula is C11H12FNO3. The number of ketones is 1. The van der Waals surface area contributed by atoms with Crippen molar-refractivity contribution in [2.45, 2.75) is 13.8 Å². The summed E-state index contributed by atoms with van der Waals surface area (Å²) in [6.45, 7) is 2.65. The molecule has 1 aromatic rings. The molecule has 0 fully saturated rings. The summed E-state index contributed by atoms with van der Waals surface area (Å²) in [5, 5.41) is 0. The van der Waals surface area contributed by atoms with Crippen molar-refractivity contribution in [1.82, 2.24) is 0 Å². The van der Waals surface area contributed by atoms with Gasteiger partial charge in [-0.25, -0.2) is 4.39 Å². The van der Waals surface area contributed by atoms with Gasteiger partial charge >= 0.3 is 0 Å². The highest BCUT2D eigenvalue weighted by atomic mass is 19.1. The summed E-state index contributed by atoms with van der Waals surface area (Å²) in [6, 6.07) is 2.35. The maximum atomic E-state index is 13.4. The quantitative estimate of drug-likeness (QED) is 0.837. The number of carbonyl (C=O) groups excluding carboxylic acids is 2. The van der Waals surface area contributed by atoms with E-state index in [1.807, 2.05) is 0 Å². The van der Waals surface area contributed by atoms with Crippen LogP contribution in [0, 0.1) is 12.7 Å². The van der Waals surface area contributed by atoms with Crippen LogP contribution in [0.2, 0.25) is 0 Å². The highest BCUT2D eigenvalue weighted by Crippen LogP contribution is 2.21. The van der Waals surface area contributed by atoms with Gasteiger partial charge in [0.1, 0.15) is 6.61 Å². The van der Waals surface area contributed by atoms with Crippen molar-refractivity contribution < 1.29 is 18.7 Å². The van der Waals surface area contributed by atoms with Crippen LogP contribution in [0.5, 0.6) is 5.75 Å². The highest BCUT2D eigenvalue weighted by Gasteiger charge is 2.12. The molecular weight excluding hydrogens is 213 g/mol. The Bertz CT molecular complexity index is 443. The standard InChI is InChI=1S/C11H12FNO3/c1-6-3-9(12)10(16-5-7(2)14)4-8(6)11(13)15/h3-4H,5H2,1-2H3,(H2,13,15). The lowest BCUT2D eigenvalue weighted by Crippen LogP contribution is -2.14. The van der Waals surface area contributed by atoms with Crippen LogP contribution in [-0.2, 0) is 4.79 Å². The van der Waals surface area contributed by atoms with Crippen LogP contribution in [0.4, 0.5) is 4.39 Å². The lowest BCUT2D eigenvalue weighted by Gasteiger charge is -2.08. The van der Waals surface area contributed by atoms with E-state index < -0.39 is 11.7 Å². The molecule has 0 aliphatic rings. The predicted octanol–water partition coefficient (Wildman–Crippen LogP) is 1.20. The third-order valence-corrected chi connectivity index (χ3v) is 1.98. The van der Waals surface area contributed by atoms with Crippen molar-refractivity contribution in [2.24, 2.45) is 5.73 Å². The van der Waals surface area contributed by atoms with E-state index in [-0.39, 0.29) is 23.7 Å². The third kappa shape index (κ3) is 2.79. The van der Waals surface area contributed by atoms with Crippen LogP contribution < -0.4 is 10.5 Å². The number of primary amides is 1. The molecule has 0 atom stereocenters. The van der Waals surface area contributed by atoms with Crippen LogP contribution in [0.25, 0.3) is 0 Å². The van der Waals surface area contributed by atoms with Crippen LogP contribution in [0.3, 0.4) is 0 Å². The Hall–Kier alpha value is -1.91. The maximum absolute atomic E-state index is 13.4. The lowest BCUT2D eigenvalue weighted by atomic mass is 10.1. The third-order valence-electron chi connectivity index (χ3n) is 1.98. The summed E-state index contributed by atoms with van der Waals surface area (Å²) in [7, 11) is 0. The summed E-state index contributed by atoms with van der Waals surface area (Å²) < 4.78 is 18.3. The number of aryl methyl sites for hydroxylation is 1. The zero-order chi connectivity index (χ0) is 12.3. The second-order valence-electron chi connectivity index (χ2n) is 3.45. The summed E-state index contributed by atoms with van der Waals surface area (Å²) in [5.74, 6) is -1.66. The molecule has 86 valence electrons. The number of nitrogens with two attached hydrogens (primary N) is 1. The van der Waals surface area contributed by atoms with Gasteiger partial charge in [-0.3, -0.25) is 9.59 Å². The lowest BCUT2D eigenvalue weighted by molar-refractivity contribution is -0.118. The van der Waals surface area contributed by atoms with Crippen molar-refractivity contribution in [2.75, 3.05) is 6.61 Å². The molecule has 1 amide bonds. The Morgan fingerprint density at radius 1 is 1.44 bits per heavy atom. The molecule has 0 aliphatic carbocycles. The van der Waals surface area contributed by atoms with Crippen molar-refractivity contribution in [3.63, 3.8) is 0 Å². The molecule has 2 N–H and O–H groups in total. The van der Waals surface area contributed by atoms with Gasteiger partial charge in [0.15, 0.2) is 17.3 Å². The number of carbonyl (C=O) groups is 2. The van der Waals surface area contributed by atoms with E-state index >= 15 is 0 Å². The number of benzene rings is 1. The number of halogens is 1. The Morgan fingerprint density at radius 3 is 2.56 bits per heavy atom. The Balaban J connectivity index is 3.05. The summed E-state index contributed by atoms with van der Waals surface area (Å²) in [5.41, 5.74) is 5.72. The normalized spacial score (nSPS) is 9.94. The van der Waals surface area contributed by atoms with Gasteiger partial charge in [-0.05, 0) is 31.5 Å². The van der Waals surface area contributed by atoms with Crippen LogP contribution in [0.1, 0.15) is 22.8 Å². The van der Waals surface area contributed by atoms with E-state index in [1.165, 1.54) is 13.0 Å². The van der Waals surface area contributed by atoms with E-state index in [4.69, 9.17) is 10.5 Å². The topological polar surface area (TPSA) is 69.4 Å². The van der Waals surface area contributed by atoms with Crippen molar-refractivity contribution in [3.8, 4) is 5.75 Å². The number of hydrogen-bond acceptors (Lipinski definition) is 3. The van der Waals surface area contributed by atoms with E-state index in [9.17, 15) is 14.0 Å². The maximum Gasteiger partial charge on any atom is 0.249 e. The first kappa shape index (κ1) is 12.2. The minimum absolute atomic E-state index is 0.144. The second-order valence-corrected chi connectivity index (χ2v) is 3.45. The average Bonchev–Trinajstić information content (AvgIpc) is 2.15. The van der Waals surface area contributed by atoms with E-state index in [2.05, 4.69) is 0 Å². The first-order valence-electron chi connectivity index (χ1n) is 4.64. The van der Waals surface area contributed by atoms with Crippen LogP contribution in [-0.4, -0.2) is 18.3 Å².